The minimum atomic E-state index is -0.348. The second-order valence-electron chi connectivity index (χ2n) is 3.46. The third-order valence-corrected chi connectivity index (χ3v) is 2.29. The molecule has 1 aromatic rings. The van der Waals surface area contributed by atoms with Gasteiger partial charge in [-0.25, -0.2) is 0 Å². The van der Waals surface area contributed by atoms with E-state index in [0.717, 1.165) is 5.69 Å². The SMILES string of the molecule is NC(=O)CN1CCOc2cc(N)ccc21. The molecule has 1 aliphatic heterocycles. The lowest BCUT2D eigenvalue weighted by atomic mass is 10.2. The van der Waals surface area contributed by atoms with Crippen molar-refractivity contribution < 1.29 is 9.53 Å². The highest BCUT2D eigenvalue weighted by molar-refractivity contribution is 5.81. The maximum absolute atomic E-state index is 10.9. The van der Waals surface area contributed by atoms with Crippen molar-refractivity contribution in [2.75, 3.05) is 30.3 Å². The van der Waals surface area contributed by atoms with Crippen LogP contribution in [0.5, 0.6) is 5.75 Å². The Morgan fingerprint density at radius 2 is 2.33 bits per heavy atom. The lowest BCUT2D eigenvalue weighted by Crippen LogP contribution is -2.39. The standard InChI is InChI=1S/C10H13N3O2/c11-7-1-2-8-9(5-7)15-4-3-13(8)6-10(12)14/h1-2,5H,3-4,6,11H2,(H2,12,14). The van der Waals surface area contributed by atoms with Gasteiger partial charge in [0.15, 0.2) is 0 Å². The minimum absolute atomic E-state index is 0.209. The molecule has 1 heterocycles. The van der Waals surface area contributed by atoms with E-state index in [2.05, 4.69) is 0 Å². The predicted octanol–water partition coefficient (Wildman–Crippen LogP) is -0.0471. The molecule has 0 unspecified atom stereocenters. The molecule has 0 fully saturated rings. The summed E-state index contributed by atoms with van der Waals surface area (Å²) in [6.07, 6.45) is 0. The topological polar surface area (TPSA) is 81.6 Å². The number of rotatable bonds is 2. The van der Waals surface area contributed by atoms with Crippen LogP contribution in [0.3, 0.4) is 0 Å². The zero-order valence-electron chi connectivity index (χ0n) is 8.27. The zero-order valence-corrected chi connectivity index (χ0v) is 8.27. The molecule has 0 atom stereocenters. The van der Waals surface area contributed by atoms with E-state index < -0.39 is 0 Å². The number of amides is 1. The molecule has 80 valence electrons. The van der Waals surface area contributed by atoms with Gasteiger partial charge in [-0.2, -0.15) is 0 Å². The third kappa shape index (κ3) is 1.96. The number of nitrogens with two attached hydrogens (primary N) is 2. The van der Waals surface area contributed by atoms with E-state index >= 15 is 0 Å². The van der Waals surface area contributed by atoms with Gasteiger partial charge in [-0.15, -0.1) is 0 Å². The second kappa shape index (κ2) is 3.68. The number of nitrogen functional groups attached to an aromatic ring is 1. The van der Waals surface area contributed by atoms with Crippen LogP contribution in [0.25, 0.3) is 0 Å². The first-order valence-corrected chi connectivity index (χ1v) is 4.72. The molecule has 1 amide bonds. The smallest absolute Gasteiger partial charge is 0.236 e. The lowest BCUT2D eigenvalue weighted by Gasteiger charge is -2.30. The van der Waals surface area contributed by atoms with Crippen LogP contribution in [0.4, 0.5) is 11.4 Å². The first kappa shape index (κ1) is 9.64. The van der Waals surface area contributed by atoms with Crippen LogP contribution < -0.4 is 21.1 Å². The number of ether oxygens (including phenoxy) is 1. The largest absolute Gasteiger partial charge is 0.489 e. The molecule has 0 aliphatic carbocycles. The van der Waals surface area contributed by atoms with Crippen molar-refractivity contribution in [3.63, 3.8) is 0 Å². The summed E-state index contributed by atoms with van der Waals surface area (Å²) in [6, 6.07) is 5.37. The number of nitrogens with zero attached hydrogens (tertiary/aromatic N) is 1. The van der Waals surface area contributed by atoms with Gasteiger partial charge in [0, 0.05) is 11.8 Å². The van der Waals surface area contributed by atoms with E-state index in [4.69, 9.17) is 16.2 Å². The van der Waals surface area contributed by atoms with Crippen LogP contribution in [-0.4, -0.2) is 25.6 Å². The highest BCUT2D eigenvalue weighted by Gasteiger charge is 2.19. The summed E-state index contributed by atoms with van der Waals surface area (Å²) in [5.41, 5.74) is 12.3. The molecule has 4 N–H and O–H groups in total. The number of anilines is 2. The summed E-state index contributed by atoms with van der Waals surface area (Å²) >= 11 is 0. The third-order valence-electron chi connectivity index (χ3n) is 2.29. The molecule has 0 saturated carbocycles. The van der Waals surface area contributed by atoms with Crippen molar-refractivity contribution in [3.8, 4) is 5.75 Å². The molecule has 0 spiro atoms. The summed E-state index contributed by atoms with van der Waals surface area (Å²) in [5, 5.41) is 0. The molecule has 1 aliphatic rings. The van der Waals surface area contributed by atoms with Gasteiger partial charge in [0.1, 0.15) is 12.4 Å². The molecule has 0 aromatic heterocycles. The molecule has 5 nitrogen and oxygen atoms in total. The number of hydrogen-bond donors (Lipinski definition) is 2. The molecule has 0 bridgehead atoms. The van der Waals surface area contributed by atoms with Gasteiger partial charge in [0.2, 0.25) is 5.91 Å². The normalized spacial score (nSPS) is 14.3. The van der Waals surface area contributed by atoms with E-state index in [1.165, 1.54) is 0 Å². The first-order valence-electron chi connectivity index (χ1n) is 4.72. The van der Waals surface area contributed by atoms with Crippen molar-refractivity contribution in [1.29, 1.82) is 0 Å². The maximum Gasteiger partial charge on any atom is 0.236 e. The maximum atomic E-state index is 10.9. The van der Waals surface area contributed by atoms with Crippen molar-refractivity contribution in [2.45, 2.75) is 0 Å². The Bertz CT molecular complexity index is 392. The van der Waals surface area contributed by atoms with Gasteiger partial charge in [-0.3, -0.25) is 4.79 Å². The van der Waals surface area contributed by atoms with Gasteiger partial charge in [-0.05, 0) is 12.1 Å². The van der Waals surface area contributed by atoms with E-state index in [1.54, 1.807) is 12.1 Å². The van der Waals surface area contributed by atoms with Crippen molar-refractivity contribution in [1.82, 2.24) is 0 Å². The van der Waals surface area contributed by atoms with E-state index in [0.29, 0.717) is 24.6 Å². The molecule has 0 radical (unpaired) electrons. The molecular formula is C10H13N3O2. The number of primary amides is 1. The quantitative estimate of drug-likeness (QED) is 0.666. The molecule has 5 heteroatoms. The molecule has 15 heavy (non-hydrogen) atoms. The van der Waals surface area contributed by atoms with Crippen LogP contribution in [0.1, 0.15) is 0 Å². The van der Waals surface area contributed by atoms with E-state index in [-0.39, 0.29) is 12.5 Å². The zero-order chi connectivity index (χ0) is 10.8. The summed E-state index contributed by atoms with van der Waals surface area (Å²) in [7, 11) is 0. The van der Waals surface area contributed by atoms with E-state index in [9.17, 15) is 4.79 Å². The molecule has 0 saturated heterocycles. The Balaban J connectivity index is 2.30. The van der Waals surface area contributed by atoms with Gasteiger partial charge in [-0.1, -0.05) is 0 Å². The second-order valence-corrected chi connectivity index (χ2v) is 3.46. The number of benzene rings is 1. The van der Waals surface area contributed by atoms with E-state index in [1.807, 2.05) is 11.0 Å². The fourth-order valence-electron chi connectivity index (χ4n) is 1.65. The van der Waals surface area contributed by atoms with Crippen LogP contribution in [-0.2, 0) is 4.79 Å². The first-order chi connectivity index (χ1) is 7.16. The van der Waals surface area contributed by atoms with Crippen molar-refractivity contribution >= 4 is 17.3 Å². The van der Waals surface area contributed by atoms with Gasteiger partial charge >= 0.3 is 0 Å². The summed E-state index contributed by atoms with van der Waals surface area (Å²) in [4.78, 5) is 12.7. The van der Waals surface area contributed by atoms with Crippen LogP contribution >= 0.6 is 0 Å². The Kier molecular flexibility index (Phi) is 2.37. The molecule has 1 aromatic carbocycles. The van der Waals surface area contributed by atoms with Gasteiger partial charge < -0.3 is 21.1 Å². The van der Waals surface area contributed by atoms with Gasteiger partial charge in [0.25, 0.3) is 0 Å². The highest BCUT2D eigenvalue weighted by Crippen LogP contribution is 2.32. The number of fused-ring (bicyclic) bond motifs is 1. The lowest BCUT2D eigenvalue weighted by molar-refractivity contribution is -0.116. The molecular weight excluding hydrogens is 194 g/mol. The minimum Gasteiger partial charge on any atom is -0.489 e. The average molecular weight is 207 g/mol. The fraction of sp³-hybridized carbons (Fsp3) is 0.300. The summed E-state index contributed by atoms with van der Waals surface area (Å²) in [6.45, 7) is 1.42. The number of carbonyl (C=O) groups is 1. The summed E-state index contributed by atoms with van der Waals surface area (Å²) < 4.78 is 5.44. The van der Waals surface area contributed by atoms with Crippen LogP contribution in [0, 0.1) is 0 Å². The molecule has 2 rings (SSSR count). The Labute approximate surface area is 87.6 Å². The van der Waals surface area contributed by atoms with Crippen LogP contribution in [0.15, 0.2) is 18.2 Å². The van der Waals surface area contributed by atoms with Gasteiger partial charge in [0.05, 0.1) is 18.8 Å². The predicted molar refractivity (Wildman–Crippen MR) is 57.8 cm³/mol. The Morgan fingerprint density at radius 1 is 1.53 bits per heavy atom. The van der Waals surface area contributed by atoms with Crippen molar-refractivity contribution in [3.05, 3.63) is 18.2 Å². The highest BCUT2D eigenvalue weighted by atomic mass is 16.5. The number of carbonyl (C=O) groups excluding carboxylic acids is 1. The Hall–Kier alpha value is -1.91. The summed E-state index contributed by atoms with van der Waals surface area (Å²) in [5.74, 6) is 0.363. The monoisotopic (exact) mass is 207 g/mol. The fourth-order valence-corrected chi connectivity index (χ4v) is 1.65. The number of hydrogen-bond acceptors (Lipinski definition) is 4. The average Bonchev–Trinajstić information content (AvgIpc) is 2.16. The Morgan fingerprint density at radius 3 is 3.07 bits per heavy atom. The van der Waals surface area contributed by atoms with Crippen LogP contribution in [0.2, 0.25) is 0 Å². The van der Waals surface area contributed by atoms with Crippen molar-refractivity contribution in [2.24, 2.45) is 5.73 Å².